The van der Waals surface area contributed by atoms with E-state index in [1.165, 1.54) is 12.1 Å². The fourth-order valence-electron chi connectivity index (χ4n) is 4.65. The van der Waals surface area contributed by atoms with Gasteiger partial charge in [-0.25, -0.2) is 17.6 Å². The van der Waals surface area contributed by atoms with Crippen LogP contribution in [0.1, 0.15) is 51.2 Å². The van der Waals surface area contributed by atoms with E-state index in [1.54, 1.807) is 11.0 Å². The summed E-state index contributed by atoms with van der Waals surface area (Å²) in [4.78, 5) is 14.2. The molecule has 190 valence electrons. The number of nitrogens with zero attached hydrogens (tertiary/aromatic N) is 1. The molecule has 2 aliphatic rings. The largest absolute Gasteiger partial charge is 0.487 e. The highest BCUT2D eigenvalue weighted by Crippen LogP contribution is 2.41. The Morgan fingerprint density at radius 2 is 1.74 bits per heavy atom. The summed E-state index contributed by atoms with van der Waals surface area (Å²) in [5.74, 6) is -0.00289. The van der Waals surface area contributed by atoms with Gasteiger partial charge in [-0.05, 0) is 53.1 Å². The zero-order valence-corrected chi connectivity index (χ0v) is 21.7. The van der Waals surface area contributed by atoms with Gasteiger partial charge in [0.2, 0.25) is 0 Å². The molecule has 4 rings (SSSR count). The molecule has 0 saturated carbocycles. The molecule has 1 saturated heterocycles. The number of sulfone groups is 1. The second kappa shape index (κ2) is 9.45. The van der Waals surface area contributed by atoms with Crippen molar-refractivity contribution in [3.8, 4) is 16.9 Å². The zero-order chi connectivity index (χ0) is 25.4. The molecule has 2 aliphatic heterocycles. The second-order valence-electron chi connectivity index (χ2n) is 11.1. The van der Waals surface area contributed by atoms with Crippen LogP contribution in [0.4, 0.5) is 9.18 Å². The minimum absolute atomic E-state index is 0.0638. The van der Waals surface area contributed by atoms with Crippen LogP contribution in [0.2, 0.25) is 0 Å². The van der Waals surface area contributed by atoms with E-state index in [0.29, 0.717) is 25.3 Å². The van der Waals surface area contributed by atoms with Gasteiger partial charge >= 0.3 is 6.09 Å². The van der Waals surface area contributed by atoms with Crippen LogP contribution in [0.15, 0.2) is 36.4 Å². The molecule has 8 heteroatoms. The molecule has 2 heterocycles. The van der Waals surface area contributed by atoms with E-state index in [0.717, 1.165) is 48.8 Å². The Balaban J connectivity index is 1.41. The van der Waals surface area contributed by atoms with Gasteiger partial charge in [0, 0.05) is 37.8 Å². The van der Waals surface area contributed by atoms with Gasteiger partial charge in [0.25, 0.3) is 0 Å². The summed E-state index contributed by atoms with van der Waals surface area (Å²) in [7, 11) is -3.31. The van der Waals surface area contributed by atoms with Crippen molar-refractivity contribution in [1.29, 1.82) is 0 Å². The molecule has 1 spiro atoms. The molecule has 1 amide bonds. The number of carbonyl (C=O) groups excluding carboxylic acids is 1. The Kier molecular flexibility index (Phi) is 6.88. The molecule has 1 fully saturated rings. The van der Waals surface area contributed by atoms with Crippen molar-refractivity contribution in [2.75, 3.05) is 26.0 Å². The quantitative estimate of drug-likeness (QED) is 0.560. The highest BCUT2D eigenvalue weighted by atomic mass is 32.2. The number of carbonyl (C=O) groups is 1. The van der Waals surface area contributed by atoms with Crippen molar-refractivity contribution in [3.63, 3.8) is 0 Å². The molecule has 0 bridgehead atoms. The summed E-state index contributed by atoms with van der Waals surface area (Å²) in [5, 5.41) is 0. The molecule has 0 atom stereocenters. The Morgan fingerprint density at radius 1 is 1.09 bits per heavy atom. The molecule has 0 aliphatic carbocycles. The molecule has 2 aromatic carbocycles. The molecule has 0 N–H and O–H groups in total. The number of benzene rings is 2. The first-order chi connectivity index (χ1) is 16.3. The number of rotatable bonds is 4. The van der Waals surface area contributed by atoms with Crippen LogP contribution in [-0.4, -0.2) is 51.0 Å². The SMILES string of the molecule is CC(C)(C)COC(=O)N1CCC2(CCc3cc(-c4ccc(CS(C)(=O)=O)c(F)c4)ccc3O2)CC1. The number of likely N-dealkylation sites (tertiary alicyclic amines) is 1. The normalized spacial score (nSPS) is 17.6. The number of amides is 1. The van der Waals surface area contributed by atoms with Gasteiger partial charge in [0.1, 0.15) is 17.2 Å². The summed E-state index contributed by atoms with van der Waals surface area (Å²) >= 11 is 0. The highest BCUT2D eigenvalue weighted by Gasteiger charge is 2.41. The summed E-state index contributed by atoms with van der Waals surface area (Å²) < 4.78 is 49.5. The molecule has 0 radical (unpaired) electrons. The number of ether oxygens (including phenoxy) is 2. The lowest BCUT2D eigenvalue weighted by atomic mass is 9.82. The van der Waals surface area contributed by atoms with Crippen molar-refractivity contribution in [2.24, 2.45) is 5.41 Å². The van der Waals surface area contributed by atoms with Gasteiger partial charge in [-0.1, -0.05) is 39.0 Å². The van der Waals surface area contributed by atoms with E-state index in [1.807, 2.05) is 39.0 Å². The van der Waals surface area contributed by atoms with Crippen LogP contribution in [0.3, 0.4) is 0 Å². The first-order valence-corrected chi connectivity index (χ1v) is 14.1. The minimum atomic E-state index is -3.31. The summed E-state index contributed by atoms with van der Waals surface area (Å²) in [5.41, 5.74) is 2.46. The maximum Gasteiger partial charge on any atom is 0.409 e. The predicted octanol–water partition coefficient (Wildman–Crippen LogP) is 5.38. The van der Waals surface area contributed by atoms with E-state index < -0.39 is 15.7 Å². The fourth-order valence-corrected chi connectivity index (χ4v) is 5.44. The van der Waals surface area contributed by atoms with E-state index in [2.05, 4.69) is 0 Å². The number of aryl methyl sites for hydroxylation is 1. The van der Waals surface area contributed by atoms with Gasteiger partial charge < -0.3 is 14.4 Å². The second-order valence-corrected chi connectivity index (χ2v) is 13.2. The standard InChI is InChI=1S/C27H34FNO5S/c1-26(2,3)18-33-25(30)29-13-11-27(12-14-29)10-9-21-15-19(7-8-24(21)34-27)20-5-6-22(23(28)16-20)17-35(4,31)32/h5-8,15-16H,9-14,17-18H2,1-4H3. The molecule has 6 nitrogen and oxygen atoms in total. The Bertz CT molecular complexity index is 1210. The lowest BCUT2D eigenvalue weighted by Gasteiger charge is -2.44. The highest BCUT2D eigenvalue weighted by molar-refractivity contribution is 7.89. The fraction of sp³-hybridized carbons (Fsp3) is 0.519. The third kappa shape index (κ3) is 6.34. The Labute approximate surface area is 207 Å². The van der Waals surface area contributed by atoms with Crippen LogP contribution in [-0.2, 0) is 26.7 Å². The topological polar surface area (TPSA) is 72.9 Å². The lowest BCUT2D eigenvalue weighted by Crippen LogP contribution is -2.51. The average molecular weight is 504 g/mol. The smallest absolute Gasteiger partial charge is 0.409 e. The van der Waals surface area contributed by atoms with Crippen molar-refractivity contribution in [1.82, 2.24) is 4.90 Å². The van der Waals surface area contributed by atoms with E-state index >= 15 is 0 Å². The average Bonchev–Trinajstić information content (AvgIpc) is 2.78. The van der Waals surface area contributed by atoms with E-state index in [-0.39, 0.29) is 28.4 Å². The van der Waals surface area contributed by atoms with Crippen LogP contribution < -0.4 is 4.74 Å². The predicted molar refractivity (Wildman–Crippen MR) is 134 cm³/mol. The van der Waals surface area contributed by atoms with Crippen molar-refractivity contribution in [3.05, 3.63) is 53.3 Å². The molecule has 35 heavy (non-hydrogen) atoms. The lowest BCUT2D eigenvalue weighted by molar-refractivity contribution is -0.0171. The van der Waals surface area contributed by atoms with Crippen molar-refractivity contribution >= 4 is 15.9 Å². The third-order valence-electron chi connectivity index (χ3n) is 6.60. The van der Waals surface area contributed by atoms with Gasteiger partial charge in [-0.15, -0.1) is 0 Å². The summed E-state index contributed by atoms with van der Waals surface area (Å²) in [6.45, 7) is 7.72. The third-order valence-corrected chi connectivity index (χ3v) is 7.44. The first-order valence-electron chi connectivity index (χ1n) is 12.0. The van der Waals surface area contributed by atoms with Gasteiger partial charge in [0.05, 0.1) is 12.4 Å². The van der Waals surface area contributed by atoms with Crippen LogP contribution in [0, 0.1) is 11.2 Å². The number of halogens is 1. The molecular formula is C27H34FNO5S. The van der Waals surface area contributed by atoms with Gasteiger partial charge in [-0.2, -0.15) is 0 Å². The first kappa shape index (κ1) is 25.5. The van der Waals surface area contributed by atoms with E-state index in [9.17, 15) is 17.6 Å². The van der Waals surface area contributed by atoms with Crippen molar-refractivity contribution < 1.29 is 27.1 Å². The molecule has 0 unspecified atom stereocenters. The molecule has 2 aromatic rings. The van der Waals surface area contributed by atoms with Crippen LogP contribution in [0.5, 0.6) is 5.75 Å². The Morgan fingerprint density at radius 3 is 2.37 bits per heavy atom. The van der Waals surface area contributed by atoms with Crippen molar-refractivity contribution in [2.45, 2.75) is 57.8 Å². The number of fused-ring (bicyclic) bond motifs is 1. The number of hydrogen-bond donors (Lipinski definition) is 0. The van der Waals surface area contributed by atoms with E-state index in [4.69, 9.17) is 9.47 Å². The van der Waals surface area contributed by atoms with Gasteiger partial charge in [-0.3, -0.25) is 0 Å². The summed E-state index contributed by atoms with van der Waals surface area (Å²) in [6, 6.07) is 10.5. The Hall–Kier alpha value is -2.61. The zero-order valence-electron chi connectivity index (χ0n) is 20.9. The van der Waals surface area contributed by atoms with Crippen LogP contribution >= 0.6 is 0 Å². The number of hydrogen-bond acceptors (Lipinski definition) is 5. The maximum absolute atomic E-state index is 14.5. The van der Waals surface area contributed by atoms with Gasteiger partial charge in [0.15, 0.2) is 9.84 Å². The van der Waals surface area contributed by atoms with Crippen LogP contribution in [0.25, 0.3) is 11.1 Å². The molecule has 0 aromatic heterocycles. The molecular weight excluding hydrogens is 469 g/mol. The minimum Gasteiger partial charge on any atom is -0.487 e. The monoisotopic (exact) mass is 503 g/mol. The summed E-state index contributed by atoms with van der Waals surface area (Å²) in [6.07, 6.45) is 4.05. The maximum atomic E-state index is 14.5. The number of piperidine rings is 1.